The molecule has 1 aromatic carbocycles. The molecule has 0 radical (unpaired) electrons. The van der Waals surface area contributed by atoms with E-state index in [0.29, 0.717) is 6.54 Å². The van der Waals surface area contributed by atoms with Crippen LogP contribution in [0.25, 0.3) is 0 Å². The van der Waals surface area contributed by atoms with E-state index in [1.165, 1.54) is 7.11 Å². The molecule has 0 saturated heterocycles. The van der Waals surface area contributed by atoms with Gasteiger partial charge in [0.1, 0.15) is 0 Å². The van der Waals surface area contributed by atoms with Crippen LogP contribution in [0.5, 0.6) is 17.2 Å². The van der Waals surface area contributed by atoms with Crippen molar-refractivity contribution < 1.29 is 19.3 Å². The van der Waals surface area contributed by atoms with Crippen LogP contribution in [0.3, 0.4) is 0 Å². The Balaban J connectivity index is 3.15. The van der Waals surface area contributed by atoms with Gasteiger partial charge in [-0.2, -0.15) is 0 Å². The Hall–Kier alpha value is -1.49. The van der Waals surface area contributed by atoms with Gasteiger partial charge in [0.25, 0.3) is 0 Å². The molecule has 0 heterocycles. The highest BCUT2D eigenvalue weighted by Crippen LogP contribution is 2.36. The molecule has 0 aliphatic carbocycles. The van der Waals surface area contributed by atoms with Crippen LogP contribution in [0.4, 0.5) is 4.39 Å². The zero-order valence-electron chi connectivity index (χ0n) is 8.67. The fraction of sp³-hybridized carbons (Fsp3) is 0.400. The summed E-state index contributed by atoms with van der Waals surface area (Å²) >= 11 is 0. The second-order valence-electron chi connectivity index (χ2n) is 3.09. The second kappa shape index (κ2) is 4.84. The Labute approximate surface area is 87.3 Å². The number of likely N-dealkylation sites (N-methyl/N-ethyl adjacent to an activating group) is 1. The van der Waals surface area contributed by atoms with Gasteiger partial charge in [-0.25, -0.2) is 4.39 Å². The number of aromatic hydroxyl groups is 2. The molecule has 3 N–H and O–H groups in total. The van der Waals surface area contributed by atoms with Crippen molar-refractivity contribution in [2.45, 2.75) is 6.42 Å². The molecule has 0 fully saturated rings. The summed E-state index contributed by atoms with van der Waals surface area (Å²) in [5.41, 5.74) is 0.0567. The minimum atomic E-state index is -0.636. The molecule has 0 aliphatic rings. The zero-order chi connectivity index (χ0) is 11.4. The van der Waals surface area contributed by atoms with Gasteiger partial charge in [-0.15, -0.1) is 0 Å². The number of ether oxygens (including phenoxy) is 1. The van der Waals surface area contributed by atoms with E-state index in [-0.39, 0.29) is 23.5 Å². The van der Waals surface area contributed by atoms with Crippen molar-refractivity contribution in [2.75, 3.05) is 20.7 Å². The topological polar surface area (TPSA) is 61.7 Å². The first-order valence-electron chi connectivity index (χ1n) is 4.53. The fourth-order valence-corrected chi connectivity index (χ4v) is 1.29. The van der Waals surface area contributed by atoms with Crippen LogP contribution < -0.4 is 10.1 Å². The van der Waals surface area contributed by atoms with Crippen molar-refractivity contribution >= 4 is 0 Å². The SMILES string of the molecule is CNCCc1c(O)c(O)cc(OC)c1F. The number of phenols is 2. The van der Waals surface area contributed by atoms with Crippen molar-refractivity contribution in [3.8, 4) is 17.2 Å². The smallest absolute Gasteiger partial charge is 0.172 e. The van der Waals surface area contributed by atoms with Crippen molar-refractivity contribution in [1.82, 2.24) is 5.32 Å². The van der Waals surface area contributed by atoms with Gasteiger partial charge in [-0.3, -0.25) is 0 Å². The monoisotopic (exact) mass is 215 g/mol. The summed E-state index contributed by atoms with van der Waals surface area (Å²) in [6.07, 6.45) is 0.277. The molecule has 0 unspecified atom stereocenters. The molecule has 84 valence electrons. The number of hydrogen-bond acceptors (Lipinski definition) is 4. The highest BCUT2D eigenvalue weighted by Gasteiger charge is 2.17. The third kappa shape index (κ3) is 2.30. The number of methoxy groups -OCH3 is 1. The lowest BCUT2D eigenvalue weighted by atomic mass is 10.1. The van der Waals surface area contributed by atoms with Crippen molar-refractivity contribution in [3.05, 3.63) is 17.4 Å². The zero-order valence-corrected chi connectivity index (χ0v) is 8.67. The first kappa shape index (κ1) is 11.6. The van der Waals surface area contributed by atoms with Gasteiger partial charge >= 0.3 is 0 Å². The quantitative estimate of drug-likeness (QED) is 0.656. The van der Waals surface area contributed by atoms with Crippen LogP contribution in [-0.4, -0.2) is 30.9 Å². The molecule has 1 rings (SSSR count). The largest absolute Gasteiger partial charge is 0.504 e. The molecular formula is C10H14FNO3. The Morgan fingerprint density at radius 1 is 1.47 bits per heavy atom. The summed E-state index contributed by atoms with van der Waals surface area (Å²) in [6, 6.07) is 1.05. The van der Waals surface area contributed by atoms with E-state index in [4.69, 9.17) is 4.74 Å². The van der Waals surface area contributed by atoms with Gasteiger partial charge in [0.2, 0.25) is 0 Å². The predicted octanol–water partition coefficient (Wildman–Crippen LogP) is 1.01. The molecule has 0 spiro atoms. The lowest BCUT2D eigenvalue weighted by Gasteiger charge is -2.11. The fourth-order valence-electron chi connectivity index (χ4n) is 1.29. The first-order chi connectivity index (χ1) is 7.11. The van der Waals surface area contributed by atoms with E-state index >= 15 is 0 Å². The van der Waals surface area contributed by atoms with Gasteiger partial charge in [0.05, 0.1) is 7.11 Å². The Bertz CT molecular complexity index is 355. The summed E-state index contributed by atoms with van der Waals surface area (Å²) in [7, 11) is 3.02. The molecule has 0 aliphatic heterocycles. The highest BCUT2D eigenvalue weighted by molar-refractivity contribution is 5.51. The summed E-state index contributed by atoms with van der Waals surface area (Å²) < 4.78 is 18.3. The summed E-state index contributed by atoms with van der Waals surface area (Å²) in [4.78, 5) is 0. The highest BCUT2D eigenvalue weighted by atomic mass is 19.1. The Morgan fingerprint density at radius 3 is 2.67 bits per heavy atom. The second-order valence-corrected chi connectivity index (χ2v) is 3.09. The Kier molecular flexibility index (Phi) is 3.74. The van der Waals surface area contributed by atoms with Crippen LogP contribution in [0.15, 0.2) is 6.07 Å². The van der Waals surface area contributed by atoms with E-state index in [9.17, 15) is 14.6 Å². The molecule has 15 heavy (non-hydrogen) atoms. The maximum atomic E-state index is 13.6. The maximum absolute atomic E-state index is 13.6. The van der Waals surface area contributed by atoms with E-state index in [1.807, 2.05) is 0 Å². The lowest BCUT2D eigenvalue weighted by molar-refractivity contribution is 0.359. The van der Waals surface area contributed by atoms with E-state index in [1.54, 1.807) is 7.05 Å². The average molecular weight is 215 g/mol. The van der Waals surface area contributed by atoms with Crippen LogP contribution >= 0.6 is 0 Å². The minimum absolute atomic E-state index is 0.0567. The van der Waals surface area contributed by atoms with E-state index in [2.05, 4.69) is 5.32 Å². The van der Waals surface area contributed by atoms with Crippen molar-refractivity contribution in [3.63, 3.8) is 0 Å². The number of hydrogen-bond donors (Lipinski definition) is 3. The van der Waals surface area contributed by atoms with Gasteiger partial charge in [0.15, 0.2) is 23.1 Å². The normalized spacial score (nSPS) is 10.3. The van der Waals surface area contributed by atoms with Crippen LogP contribution in [0, 0.1) is 5.82 Å². The third-order valence-electron chi connectivity index (χ3n) is 2.12. The van der Waals surface area contributed by atoms with Crippen LogP contribution in [0.1, 0.15) is 5.56 Å². The van der Waals surface area contributed by atoms with Crippen LogP contribution in [0.2, 0.25) is 0 Å². The van der Waals surface area contributed by atoms with Crippen molar-refractivity contribution in [2.24, 2.45) is 0 Å². The molecule has 4 nitrogen and oxygen atoms in total. The van der Waals surface area contributed by atoms with E-state index < -0.39 is 11.6 Å². The molecule has 0 aromatic heterocycles. The van der Waals surface area contributed by atoms with Crippen molar-refractivity contribution in [1.29, 1.82) is 0 Å². The van der Waals surface area contributed by atoms with Crippen LogP contribution in [-0.2, 0) is 6.42 Å². The number of halogens is 1. The van der Waals surface area contributed by atoms with Gasteiger partial charge < -0.3 is 20.3 Å². The van der Waals surface area contributed by atoms with Gasteiger partial charge in [0, 0.05) is 11.6 Å². The molecule has 1 aromatic rings. The third-order valence-corrected chi connectivity index (χ3v) is 2.12. The van der Waals surface area contributed by atoms with Gasteiger partial charge in [-0.1, -0.05) is 0 Å². The molecule has 0 saturated carbocycles. The Morgan fingerprint density at radius 2 is 2.13 bits per heavy atom. The predicted molar refractivity (Wildman–Crippen MR) is 53.9 cm³/mol. The molecule has 0 atom stereocenters. The summed E-state index contributed by atoms with van der Waals surface area (Å²) in [5.74, 6) is -1.51. The molecule has 5 heteroatoms. The minimum Gasteiger partial charge on any atom is -0.504 e. The molecule has 0 bridgehead atoms. The number of rotatable bonds is 4. The maximum Gasteiger partial charge on any atom is 0.172 e. The number of benzene rings is 1. The lowest BCUT2D eigenvalue weighted by Crippen LogP contribution is -2.11. The summed E-state index contributed by atoms with van der Waals surface area (Å²) in [5, 5.41) is 21.6. The number of phenolic OH excluding ortho intramolecular Hbond substituents is 2. The summed E-state index contributed by atoms with van der Waals surface area (Å²) in [6.45, 7) is 0.497. The first-order valence-corrected chi connectivity index (χ1v) is 4.53. The average Bonchev–Trinajstić information content (AvgIpc) is 2.23. The van der Waals surface area contributed by atoms with Gasteiger partial charge in [-0.05, 0) is 20.0 Å². The van der Waals surface area contributed by atoms with E-state index in [0.717, 1.165) is 6.07 Å². The number of nitrogens with one attached hydrogen (secondary N) is 1. The standard InChI is InChI=1S/C10H14FNO3/c1-12-4-3-6-9(11)8(15-2)5-7(13)10(6)14/h5,12-14H,3-4H2,1-2H3. The molecule has 0 amide bonds. The molecular weight excluding hydrogens is 201 g/mol.